The van der Waals surface area contributed by atoms with Gasteiger partial charge < -0.3 is 20.5 Å². The van der Waals surface area contributed by atoms with Gasteiger partial charge in [0.1, 0.15) is 5.56 Å². The van der Waals surface area contributed by atoms with E-state index < -0.39 is 5.60 Å². The molecule has 4 bridgehead atoms. The minimum atomic E-state index is -0.525. The van der Waals surface area contributed by atoms with Gasteiger partial charge in [-0.2, -0.15) is 5.10 Å². The van der Waals surface area contributed by atoms with E-state index in [9.17, 15) is 14.7 Å². The van der Waals surface area contributed by atoms with Gasteiger partial charge in [-0.05, 0) is 55.8 Å². The number of hydrogen-bond donors (Lipinski definition) is 3. The van der Waals surface area contributed by atoms with E-state index in [1.165, 1.54) is 6.92 Å². The molecule has 0 aliphatic heterocycles. The molecule has 34 heavy (non-hydrogen) atoms. The molecule has 3 N–H and O–H groups in total. The highest BCUT2D eigenvalue weighted by atomic mass is 16.5. The molecule has 8 nitrogen and oxygen atoms in total. The summed E-state index contributed by atoms with van der Waals surface area (Å²) >= 11 is 0. The first-order chi connectivity index (χ1) is 15.9. The second kappa shape index (κ2) is 9.36. The lowest BCUT2D eigenvalue weighted by Crippen LogP contribution is -2.61. The van der Waals surface area contributed by atoms with Crippen molar-refractivity contribution in [3.8, 4) is 5.88 Å². The van der Waals surface area contributed by atoms with Crippen LogP contribution in [0.2, 0.25) is 0 Å². The van der Waals surface area contributed by atoms with Crippen molar-refractivity contribution in [2.24, 2.45) is 29.1 Å². The highest BCUT2D eigenvalue weighted by Crippen LogP contribution is 2.55. The van der Waals surface area contributed by atoms with E-state index in [2.05, 4.69) is 29.6 Å². The lowest BCUT2D eigenvalue weighted by molar-refractivity contribution is -0.137. The number of carbonyl (C=O) groups excluding carboxylic acids is 2. The first kappa shape index (κ1) is 24.8. The largest absolute Gasteiger partial charge is 0.477 e. The van der Waals surface area contributed by atoms with Crippen molar-refractivity contribution in [1.82, 2.24) is 20.4 Å². The van der Waals surface area contributed by atoms with Crippen LogP contribution in [0.4, 0.5) is 0 Å². The molecule has 0 spiro atoms. The van der Waals surface area contributed by atoms with Crippen molar-refractivity contribution in [2.75, 3.05) is 13.2 Å². The summed E-state index contributed by atoms with van der Waals surface area (Å²) in [6, 6.07) is 0.0951. The molecule has 1 aromatic heterocycles. The van der Waals surface area contributed by atoms with Crippen molar-refractivity contribution < 1.29 is 19.4 Å². The molecule has 1 aromatic rings. The van der Waals surface area contributed by atoms with Crippen molar-refractivity contribution in [3.05, 3.63) is 17.8 Å². The number of nitrogens with zero attached hydrogens (tertiary/aromatic N) is 2. The van der Waals surface area contributed by atoms with E-state index in [0.717, 1.165) is 32.1 Å². The van der Waals surface area contributed by atoms with Crippen LogP contribution in [0.1, 0.15) is 77.1 Å². The third-order valence-corrected chi connectivity index (χ3v) is 7.55. The maximum absolute atomic E-state index is 13.4. The van der Waals surface area contributed by atoms with Crippen molar-refractivity contribution in [3.63, 3.8) is 0 Å². The zero-order valence-electron chi connectivity index (χ0n) is 21.1. The quantitative estimate of drug-likeness (QED) is 0.512. The zero-order chi connectivity index (χ0) is 24.7. The Morgan fingerprint density at radius 1 is 1.29 bits per heavy atom. The first-order valence-electron chi connectivity index (χ1n) is 12.6. The van der Waals surface area contributed by atoms with E-state index in [1.807, 2.05) is 19.9 Å². The summed E-state index contributed by atoms with van der Waals surface area (Å²) in [6.07, 6.45) is 9.99. The summed E-state index contributed by atoms with van der Waals surface area (Å²) in [7, 11) is 0. The molecule has 5 rings (SSSR count). The average Bonchev–Trinajstić information content (AvgIpc) is 3.14. The molecule has 2 amide bonds. The summed E-state index contributed by atoms with van der Waals surface area (Å²) in [6.45, 7) is 10.6. The van der Waals surface area contributed by atoms with Gasteiger partial charge in [0.15, 0.2) is 0 Å². The molecule has 4 fully saturated rings. The fourth-order valence-electron chi connectivity index (χ4n) is 6.13. The maximum atomic E-state index is 13.4. The highest BCUT2D eigenvalue weighted by molar-refractivity contribution is 5.96. The predicted octanol–water partition coefficient (Wildman–Crippen LogP) is 3.22. The summed E-state index contributed by atoms with van der Waals surface area (Å²) < 4.78 is 7.66. The van der Waals surface area contributed by atoms with E-state index in [4.69, 9.17) is 4.74 Å². The fraction of sp³-hybridized carbons (Fsp3) is 0.731. The SMILES string of the molecule is CC(=O)NCC(C)(C)/C=C/n1ncc(C(=O)N[C@H]2C3CC4CC2C[C@](O)(C4)C3)c1OCC(C)C. The molecular formula is C26H40N4O4. The standard InChI is InChI=1S/C26H40N4O4/c1-16(2)14-34-24-21(13-28-30(24)7-6-25(4,5)15-27-17(3)31)23(32)29-22-19-8-18-9-20(22)12-26(33,10-18)11-19/h6-7,13,16,18-20,22,33H,8-12,14-15H2,1-5H3,(H,27,31)(H,29,32)/b7-6+/t18?,19?,20?,22-,26-. The van der Waals surface area contributed by atoms with Gasteiger partial charge in [-0.25, -0.2) is 4.68 Å². The van der Waals surface area contributed by atoms with Crippen molar-refractivity contribution in [1.29, 1.82) is 0 Å². The number of carbonyl (C=O) groups is 2. The Labute approximate surface area is 202 Å². The first-order valence-corrected chi connectivity index (χ1v) is 12.6. The molecule has 2 atom stereocenters. The summed E-state index contributed by atoms with van der Waals surface area (Å²) in [4.78, 5) is 24.7. The topological polar surface area (TPSA) is 105 Å². The second-order valence-electron chi connectivity index (χ2n) is 11.9. The van der Waals surface area contributed by atoms with Gasteiger partial charge in [0, 0.05) is 31.1 Å². The van der Waals surface area contributed by atoms with Crippen molar-refractivity contribution in [2.45, 2.75) is 78.4 Å². The highest BCUT2D eigenvalue weighted by Gasteiger charge is 2.55. The second-order valence-corrected chi connectivity index (χ2v) is 11.9. The van der Waals surface area contributed by atoms with Gasteiger partial charge in [0.2, 0.25) is 11.8 Å². The molecule has 0 aromatic carbocycles. The molecule has 2 unspecified atom stereocenters. The Morgan fingerprint density at radius 3 is 2.56 bits per heavy atom. The molecule has 8 heteroatoms. The molecule has 1 heterocycles. The van der Waals surface area contributed by atoms with Gasteiger partial charge in [-0.15, -0.1) is 0 Å². The Kier molecular flexibility index (Phi) is 6.82. The Bertz CT molecular complexity index is 935. The fourth-order valence-corrected chi connectivity index (χ4v) is 6.13. The van der Waals surface area contributed by atoms with Crippen LogP contribution < -0.4 is 15.4 Å². The molecule has 188 valence electrons. The van der Waals surface area contributed by atoms with Crippen LogP contribution in [-0.4, -0.2) is 51.5 Å². The lowest BCUT2D eigenvalue weighted by atomic mass is 9.52. The molecule has 4 saturated carbocycles. The van der Waals surface area contributed by atoms with Crippen LogP contribution in [0.25, 0.3) is 6.20 Å². The maximum Gasteiger partial charge on any atom is 0.258 e. The Hall–Kier alpha value is -2.35. The summed E-state index contributed by atoms with van der Waals surface area (Å²) in [5.41, 5.74) is -0.392. The van der Waals surface area contributed by atoms with E-state index in [1.54, 1.807) is 17.1 Å². The molecular weight excluding hydrogens is 432 g/mol. The predicted molar refractivity (Wildman–Crippen MR) is 130 cm³/mol. The molecule has 0 radical (unpaired) electrons. The molecule has 0 saturated heterocycles. The van der Waals surface area contributed by atoms with Crippen LogP contribution in [-0.2, 0) is 4.79 Å². The number of nitrogens with one attached hydrogen (secondary N) is 2. The van der Waals surface area contributed by atoms with Crippen LogP contribution in [0, 0.1) is 29.1 Å². The van der Waals surface area contributed by atoms with Crippen LogP contribution in [0.5, 0.6) is 5.88 Å². The van der Waals surface area contributed by atoms with Crippen molar-refractivity contribution >= 4 is 18.0 Å². The third kappa shape index (κ3) is 5.48. The lowest BCUT2D eigenvalue weighted by Gasteiger charge is -2.58. The number of amides is 2. The Morgan fingerprint density at radius 2 is 1.97 bits per heavy atom. The van der Waals surface area contributed by atoms with Gasteiger partial charge in [-0.3, -0.25) is 9.59 Å². The monoisotopic (exact) mass is 472 g/mol. The molecule has 4 aliphatic carbocycles. The molecule has 4 aliphatic rings. The van der Waals surface area contributed by atoms with Gasteiger partial charge >= 0.3 is 0 Å². The number of rotatable bonds is 9. The number of hydrogen-bond acceptors (Lipinski definition) is 5. The Balaban J connectivity index is 1.51. The summed E-state index contributed by atoms with van der Waals surface area (Å²) in [5.74, 6) is 1.76. The number of aliphatic hydroxyl groups is 1. The third-order valence-electron chi connectivity index (χ3n) is 7.55. The van der Waals surface area contributed by atoms with E-state index in [-0.39, 0.29) is 23.3 Å². The van der Waals surface area contributed by atoms with E-state index >= 15 is 0 Å². The average molecular weight is 473 g/mol. The minimum absolute atomic E-state index is 0.0719. The normalized spacial score (nSPS) is 30.2. The van der Waals surface area contributed by atoms with Gasteiger partial charge in [0.25, 0.3) is 5.91 Å². The van der Waals surface area contributed by atoms with E-state index in [0.29, 0.717) is 48.3 Å². The summed E-state index contributed by atoms with van der Waals surface area (Å²) in [5, 5.41) is 21.4. The van der Waals surface area contributed by atoms with Gasteiger partial charge in [-0.1, -0.05) is 33.8 Å². The number of ether oxygens (including phenoxy) is 1. The van der Waals surface area contributed by atoms with Crippen LogP contribution >= 0.6 is 0 Å². The zero-order valence-corrected chi connectivity index (χ0v) is 21.1. The van der Waals surface area contributed by atoms with Crippen LogP contribution in [0.3, 0.4) is 0 Å². The minimum Gasteiger partial charge on any atom is -0.477 e. The van der Waals surface area contributed by atoms with Crippen LogP contribution in [0.15, 0.2) is 12.3 Å². The smallest absolute Gasteiger partial charge is 0.258 e. The van der Waals surface area contributed by atoms with Gasteiger partial charge in [0.05, 0.1) is 18.4 Å². The number of aromatic nitrogens is 2.